The highest BCUT2D eigenvalue weighted by molar-refractivity contribution is 7.93. The van der Waals surface area contributed by atoms with Crippen LogP contribution < -0.4 is 9.62 Å². The minimum Gasteiger partial charge on any atom is -0.322 e. The van der Waals surface area contributed by atoms with Crippen molar-refractivity contribution < 1.29 is 18.1 Å². The fraction of sp³-hybridized carbons (Fsp3) is 0.235. The third-order valence-electron chi connectivity index (χ3n) is 4.26. The quantitative estimate of drug-likeness (QED) is 0.615. The molecule has 1 heterocycles. The lowest BCUT2D eigenvalue weighted by atomic mass is 10.1. The molecule has 0 atom stereocenters. The van der Waals surface area contributed by atoms with E-state index in [0.717, 1.165) is 11.6 Å². The molecule has 0 unspecified atom stereocenters. The molecule has 10 heteroatoms. The molecule has 0 aromatic heterocycles. The van der Waals surface area contributed by atoms with Crippen molar-refractivity contribution in [1.29, 1.82) is 0 Å². The molecular formula is C17H16ClN3O5S. The minimum absolute atomic E-state index is 0.0611. The highest BCUT2D eigenvalue weighted by Crippen LogP contribution is 2.30. The lowest BCUT2D eigenvalue weighted by Crippen LogP contribution is -2.25. The number of carbonyl (C=O) groups excluding carboxylic acids is 1. The summed E-state index contributed by atoms with van der Waals surface area (Å²) < 4.78 is 25.5. The zero-order valence-corrected chi connectivity index (χ0v) is 15.9. The van der Waals surface area contributed by atoms with Gasteiger partial charge in [-0.2, -0.15) is 0 Å². The third kappa shape index (κ3) is 3.88. The molecule has 27 heavy (non-hydrogen) atoms. The molecule has 0 spiro atoms. The molecule has 1 aliphatic rings. The predicted octanol–water partition coefficient (Wildman–Crippen LogP) is 3.35. The van der Waals surface area contributed by atoms with Crippen LogP contribution in [0.3, 0.4) is 0 Å². The first kappa shape index (κ1) is 19.1. The average Bonchev–Trinajstić information content (AvgIpc) is 2.96. The first-order valence-corrected chi connectivity index (χ1v) is 10.0. The van der Waals surface area contributed by atoms with E-state index in [1.54, 1.807) is 25.1 Å². The minimum atomic E-state index is -3.34. The van der Waals surface area contributed by atoms with Crippen molar-refractivity contribution in [2.75, 3.05) is 21.9 Å². The van der Waals surface area contributed by atoms with Gasteiger partial charge in [0.05, 0.1) is 16.4 Å². The smallest absolute Gasteiger partial charge is 0.288 e. The number of halogens is 1. The van der Waals surface area contributed by atoms with Crippen molar-refractivity contribution in [1.82, 2.24) is 0 Å². The number of carbonyl (C=O) groups is 1. The van der Waals surface area contributed by atoms with Crippen LogP contribution in [0.5, 0.6) is 0 Å². The zero-order valence-electron chi connectivity index (χ0n) is 14.3. The van der Waals surface area contributed by atoms with E-state index in [1.807, 2.05) is 0 Å². The number of benzene rings is 2. The van der Waals surface area contributed by atoms with Crippen LogP contribution in [0.4, 0.5) is 17.1 Å². The van der Waals surface area contributed by atoms with Crippen LogP contribution in [0, 0.1) is 17.0 Å². The fourth-order valence-electron chi connectivity index (χ4n) is 2.82. The molecule has 2 aromatic carbocycles. The van der Waals surface area contributed by atoms with Gasteiger partial charge in [-0.15, -0.1) is 0 Å². The first-order chi connectivity index (χ1) is 12.7. The van der Waals surface area contributed by atoms with E-state index < -0.39 is 20.9 Å². The number of anilines is 2. The number of amides is 1. The zero-order chi connectivity index (χ0) is 19.8. The van der Waals surface area contributed by atoms with Crippen molar-refractivity contribution in [3.63, 3.8) is 0 Å². The number of nitrogens with zero attached hydrogens (tertiary/aromatic N) is 2. The Balaban J connectivity index is 1.89. The summed E-state index contributed by atoms with van der Waals surface area (Å²) in [4.78, 5) is 22.8. The molecule has 1 amide bonds. The van der Waals surface area contributed by atoms with Crippen molar-refractivity contribution in [3.8, 4) is 0 Å². The molecule has 2 aromatic rings. The Labute approximate surface area is 160 Å². The second-order valence-electron chi connectivity index (χ2n) is 6.12. The van der Waals surface area contributed by atoms with Crippen LogP contribution in [0.1, 0.15) is 22.3 Å². The number of aryl methyl sites for hydroxylation is 1. The number of rotatable bonds is 4. The van der Waals surface area contributed by atoms with Gasteiger partial charge in [0, 0.05) is 23.9 Å². The number of sulfonamides is 1. The maximum absolute atomic E-state index is 12.5. The van der Waals surface area contributed by atoms with Crippen molar-refractivity contribution in [3.05, 3.63) is 62.7 Å². The van der Waals surface area contributed by atoms with Gasteiger partial charge in [-0.1, -0.05) is 17.7 Å². The fourth-order valence-corrected chi connectivity index (χ4v) is 4.56. The summed E-state index contributed by atoms with van der Waals surface area (Å²) in [6, 6.07) is 8.75. The molecule has 0 radical (unpaired) electrons. The van der Waals surface area contributed by atoms with Crippen LogP contribution in [0.2, 0.25) is 5.02 Å². The number of nitrogens with one attached hydrogen (secondary N) is 1. The molecule has 1 aliphatic heterocycles. The molecular weight excluding hydrogens is 394 g/mol. The van der Waals surface area contributed by atoms with Crippen LogP contribution in [-0.4, -0.2) is 31.5 Å². The van der Waals surface area contributed by atoms with Gasteiger partial charge in [0.2, 0.25) is 10.0 Å². The summed E-state index contributed by atoms with van der Waals surface area (Å²) in [7, 11) is -3.34. The Kier molecular flexibility index (Phi) is 5.07. The Bertz CT molecular complexity index is 1040. The second kappa shape index (κ2) is 7.16. The molecule has 0 aliphatic carbocycles. The topological polar surface area (TPSA) is 110 Å². The van der Waals surface area contributed by atoms with Crippen molar-refractivity contribution >= 4 is 44.6 Å². The maximum Gasteiger partial charge on any atom is 0.288 e. The summed E-state index contributed by atoms with van der Waals surface area (Å²) >= 11 is 5.77. The van der Waals surface area contributed by atoms with Gasteiger partial charge in [-0.3, -0.25) is 19.2 Å². The van der Waals surface area contributed by atoms with E-state index in [2.05, 4.69) is 5.32 Å². The normalized spacial score (nSPS) is 15.6. The van der Waals surface area contributed by atoms with Crippen molar-refractivity contribution in [2.45, 2.75) is 13.3 Å². The Morgan fingerprint density at radius 1 is 1.26 bits per heavy atom. The van der Waals surface area contributed by atoms with E-state index >= 15 is 0 Å². The standard InChI is InChI=1S/C17H16ClN3O5S/c1-11-3-5-13(20-7-2-8-27(20,25)26)10-15(11)19-17(22)12-4-6-14(18)16(9-12)21(23)24/h3-6,9-10H,2,7-8H2,1H3,(H,19,22). The lowest BCUT2D eigenvalue weighted by molar-refractivity contribution is -0.384. The third-order valence-corrected chi connectivity index (χ3v) is 6.45. The van der Waals surface area contributed by atoms with E-state index in [4.69, 9.17) is 11.6 Å². The number of hydrogen-bond donors (Lipinski definition) is 1. The highest BCUT2D eigenvalue weighted by Gasteiger charge is 2.28. The van der Waals surface area contributed by atoms with E-state index in [1.165, 1.54) is 16.4 Å². The van der Waals surface area contributed by atoms with Gasteiger partial charge in [0.1, 0.15) is 5.02 Å². The lowest BCUT2D eigenvalue weighted by Gasteiger charge is -2.19. The van der Waals surface area contributed by atoms with E-state index in [9.17, 15) is 23.3 Å². The van der Waals surface area contributed by atoms with Gasteiger partial charge in [0.15, 0.2) is 0 Å². The molecule has 1 N–H and O–H groups in total. The predicted molar refractivity (Wildman–Crippen MR) is 103 cm³/mol. The van der Waals surface area contributed by atoms with Gasteiger partial charge in [0.25, 0.3) is 11.6 Å². The summed E-state index contributed by atoms with van der Waals surface area (Å²) in [6.45, 7) is 2.16. The highest BCUT2D eigenvalue weighted by atomic mass is 35.5. The summed E-state index contributed by atoms with van der Waals surface area (Å²) in [5.74, 6) is -0.462. The summed E-state index contributed by atoms with van der Waals surface area (Å²) in [5.41, 5.74) is 1.34. The number of hydrogen-bond acceptors (Lipinski definition) is 5. The van der Waals surface area contributed by atoms with Crippen LogP contribution in [0.25, 0.3) is 0 Å². The Morgan fingerprint density at radius 2 is 2.00 bits per heavy atom. The number of nitro benzene ring substituents is 1. The summed E-state index contributed by atoms with van der Waals surface area (Å²) in [5, 5.41) is 13.6. The molecule has 8 nitrogen and oxygen atoms in total. The molecule has 1 saturated heterocycles. The monoisotopic (exact) mass is 409 g/mol. The Morgan fingerprint density at radius 3 is 2.63 bits per heavy atom. The first-order valence-electron chi connectivity index (χ1n) is 8.05. The molecule has 0 bridgehead atoms. The second-order valence-corrected chi connectivity index (χ2v) is 8.54. The molecule has 142 valence electrons. The van der Waals surface area contributed by atoms with Crippen LogP contribution in [0.15, 0.2) is 36.4 Å². The summed E-state index contributed by atoms with van der Waals surface area (Å²) in [6.07, 6.45) is 0.548. The van der Waals surface area contributed by atoms with Gasteiger partial charge in [-0.05, 0) is 43.2 Å². The molecule has 1 fully saturated rings. The van der Waals surface area contributed by atoms with Gasteiger partial charge in [-0.25, -0.2) is 8.42 Å². The van der Waals surface area contributed by atoms with E-state index in [0.29, 0.717) is 24.3 Å². The van der Waals surface area contributed by atoms with Crippen LogP contribution in [-0.2, 0) is 10.0 Å². The molecule has 0 saturated carbocycles. The number of nitro groups is 1. The van der Waals surface area contributed by atoms with Crippen molar-refractivity contribution in [2.24, 2.45) is 0 Å². The van der Waals surface area contributed by atoms with Gasteiger partial charge < -0.3 is 5.32 Å². The average molecular weight is 410 g/mol. The largest absolute Gasteiger partial charge is 0.322 e. The Hall–Kier alpha value is -2.65. The van der Waals surface area contributed by atoms with Crippen LogP contribution >= 0.6 is 11.6 Å². The maximum atomic E-state index is 12.5. The van der Waals surface area contributed by atoms with Gasteiger partial charge >= 0.3 is 0 Å². The SMILES string of the molecule is Cc1ccc(N2CCCS2(=O)=O)cc1NC(=O)c1ccc(Cl)c([N+](=O)[O-])c1. The van der Waals surface area contributed by atoms with E-state index in [-0.39, 0.29) is 22.0 Å². The molecule has 3 rings (SSSR count).